The zero-order chi connectivity index (χ0) is 10.9. The molecule has 0 atom stereocenters. The normalized spacial score (nSPS) is 9.87. The van der Waals surface area contributed by atoms with Gasteiger partial charge in [0, 0.05) is 31.1 Å². The molecule has 0 saturated carbocycles. The number of aromatic nitrogens is 1. The van der Waals surface area contributed by atoms with Crippen molar-refractivity contribution in [2.45, 2.75) is 32.2 Å². The lowest BCUT2D eigenvalue weighted by Crippen LogP contribution is -2.33. The Balaban J connectivity index is 2.47. The molecule has 0 aromatic carbocycles. The predicted octanol–water partition coefficient (Wildman–Crippen LogP) is 1.31. The van der Waals surface area contributed by atoms with Crippen LogP contribution in [0.5, 0.6) is 0 Å². The summed E-state index contributed by atoms with van der Waals surface area (Å²) in [5, 5.41) is 8.74. The molecule has 0 bridgehead atoms. The molecule has 0 radical (unpaired) electrons. The molecular weight excluding hydrogens is 186 g/mol. The highest BCUT2D eigenvalue weighted by molar-refractivity contribution is 5.05. The molecule has 1 N–H and O–H groups in total. The number of terminal acetylenes is 1. The van der Waals surface area contributed by atoms with Gasteiger partial charge in [0.1, 0.15) is 6.54 Å². The maximum absolute atomic E-state index is 8.74. The third-order valence-electron chi connectivity index (χ3n) is 2.28. The van der Waals surface area contributed by atoms with Crippen molar-refractivity contribution in [3.8, 4) is 12.3 Å². The van der Waals surface area contributed by atoms with E-state index in [2.05, 4.69) is 28.9 Å². The van der Waals surface area contributed by atoms with E-state index < -0.39 is 0 Å². The number of aliphatic hydroxyl groups excluding tert-OH is 1. The minimum Gasteiger partial charge on any atom is -0.396 e. The van der Waals surface area contributed by atoms with E-state index >= 15 is 0 Å². The van der Waals surface area contributed by atoms with E-state index in [0.29, 0.717) is 0 Å². The van der Waals surface area contributed by atoms with E-state index in [4.69, 9.17) is 11.5 Å². The molecule has 15 heavy (non-hydrogen) atoms. The average molecular weight is 204 g/mol. The second-order valence-corrected chi connectivity index (χ2v) is 3.58. The molecule has 0 aliphatic heterocycles. The molecule has 80 valence electrons. The van der Waals surface area contributed by atoms with Gasteiger partial charge in [-0.15, -0.1) is 12.3 Å². The molecule has 1 heterocycles. The maximum Gasteiger partial charge on any atom is 0.171 e. The van der Waals surface area contributed by atoms with Gasteiger partial charge in [0.15, 0.2) is 12.4 Å². The van der Waals surface area contributed by atoms with Crippen LogP contribution in [0.4, 0.5) is 0 Å². The molecule has 0 aliphatic rings. The number of nitrogens with zero attached hydrogens (tertiary/aromatic N) is 1. The van der Waals surface area contributed by atoms with Crippen LogP contribution >= 0.6 is 0 Å². The first-order valence-electron chi connectivity index (χ1n) is 5.39. The van der Waals surface area contributed by atoms with E-state index in [9.17, 15) is 0 Å². The summed E-state index contributed by atoms with van der Waals surface area (Å²) in [6.07, 6.45) is 13.0. The van der Waals surface area contributed by atoms with Crippen LogP contribution < -0.4 is 4.57 Å². The summed E-state index contributed by atoms with van der Waals surface area (Å²) in [6, 6.07) is 4.13. The van der Waals surface area contributed by atoms with Crippen LogP contribution in [0, 0.1) is 12.3 Å². The van der Waals surface area contributed by atoms with Crippen LogP contribution in [0.25, 0.3) is 0 Å². The summed E-state index contributed by atoms with van der Waals surface area (Å²) in [6.45, 7) is 1.23. The first kappa shape index (κ1) is 11.7. The molecule has 2 nitrogen and oxygen atoms in total. The summed E-state index contributed by atoms with van der Waals surface area (Å²) < 4.78 is 2.16. The number of aliphatic hydroxyl groups is 1. The van der Waals surface area contributed by atoms with Crippen molar-refractivity contribution in [2.75, 3.05) is 6.61 Å². The average Bonchev–Trinajstić information content (AvgIpc) is 2.27. The summed E-state index contributed by atoms with van der Waals surface area (Å²) in [5.41, 5.74) is 1.27. The number of hydrogen-bond donors (Lipinski definition) is 1. The Labute approximate surface area is 91.6 Å². The van der Waals surface area contributed by atoms with Crippen molar-refractivity contribution >= 4 is 0 Å². The monoisotopic (exact) mass is 204 g/mol. The van der Waals surface area contributed by atoms with Gasteiger partial charge in [-0.2, -0.15) is 0 Å². The summed E-state index contributed by atoms with van der Waals surface area (Å²) in [4.78, 5) is 0. The Morgan fingerprint density at radius 1 is 1.40 bits per heavy atom. The topological polar surface area (TPSA) is 24.1 Å². The highest BCUT2D eigenvalue weighted by atomic mass is 16.2. The minimum absolute atomic E-state index is 0.256. The smallest absolute Gasteiger partial charge is 0.171 e. The van der Waals surface area contributed by atoms with Gasteiger partial charge in [0.25, 0.3) is 0 Å². The molecule has 0 fully saturated rings. The van der Waals surface area contributed by atoms with Crippen LogP contribution in [0.2, 0.25) is 0 Å². The standard InChI is InChI=1S/C13H18NO/c1-2-3-4-9-14-10-5-7-13(12-14)8-6-11-15/h1,5,7,10,12,15H,3-4,6,8-9,11H2/q+1. The molecule has 1 aromatic rings. The Morgan fingerprint density at radius 2 is 2.27 bits per heavy atom. The number of aryl methyl sites for hydroxylation is 2. The molecule has 0 unspecified atom stereocenters. The molecule has 2 heteroatoms. The Bertz CT molecular complexity index is 328. The van der Waals surface area contributed by atoms with Gasteiger partial charge in [-0.1, -0.05) is 0 Å². The number of unbranched alkanes of at least 4 members (excludes halogenated alkanes) is 1. The molecule has 1 aromatic heterocycles. The molecule has 0 saturated heterocycles. The lowest BCUT2D eigenvalue weighted by atomic mass is 10.1. The minimum atomic E-state index is 0.256. The van der Waals surface area contributed by atoms with Crippen LogP contribution in [-0.2, 0) is 13.0 Å². The fraction of sp³-hybridized carbons (Fsp3) is 0.462. The van der Waals surface area contributed by atoms with Crippen molar-refractivity contribution in [2.24, 2.45) is 0 Å². The zero-order valence-corrected chi connectivity index (χ0v) is 9.02. The quantitative estimate of drug-likeness (QED) is 0.422. The lowest BCUT2D eigenvalue weighted by molar-refractivity contribution is -0.697. The zero-order valence-electron chi connectivity index (χ0n) is 9.02. The first-order valence-corrected chi connectivity index (χ1v) is 5.39. The van der Waals surface area contributed by atoms with Crippen molar-refractivity contribution in [3.05, 3.63) is 30.1 Å². The number of hydrogen-bond acceptors (Lipinski definition) is 1. The molecule has 1 rings (SSSR count). The maximum atomic E-state index is 8.74. The largest absolute Gasteiger partial charge is 0.396 e. The van der Waals surface area contributed by atoms with Crippen molar-refractivity contribution in [3.63, 3.8) is 0 Å². The lowest BCUT2D eigenvalue weighted by Gasteiger charge is -1.99. The molecule has 0 amide bonds. The highest BCUT2D eigenvalue weighted by Crippen LogP contribution is 1.99. The predicted molar refractivity (Wildman–Crippen MR) is 60.1 cm³/mol. The number of rotatable bonds is 6. The molecule has 0 spiro atoms. The van der Waals surface area contributed by atoms with Gasteiger partial charge >= 0.3 is 0 Å². The first-order chi connectivity index (χ1) is 7.36. The Kier molecular flexibility index (Phi) is 5.50. The molecule has 0 aliphatic carbocycles. The van der Waals surface area contributed by atoms with Crippen LogP contribution in [0.15, 0.2) is 24.5 Å². The van der Waals surface area contributed by atoms with Gasteiger partial charge in [0.2, 0.25) is 0 Å². The fourth-order valence-electron chi connectivity index (χ4n) is 1.51. The van der Waals surface area contributed by atoms with Crippen LogP contribution in [0.1, 0.15) is 24.8 Å². The molecular formula is C13H18NO+. The Morgan fingerprint density at radius 3 is 3.00 bits per heavy atom. The van der Waals surface area contributed by atoms with Crippen molar-refractivity contribution in [1.29, 1.82) is 0 Å². The highest BCUT2D eigenvalue weighted by Gasteiger charge is 2.01. The summed E-state index contributed by atoms with van der Waals surface area (Å²) >= 11 is 0. The van der Waals surface area contributed by atoms with E-state index in [1.807, 2.05) is 6.07 Å². The van der Waals surface area contributed by atoms with E-state index in [-0.39, 0.29) is 6.61 Å². The van der Waals surface area contributed by atoms with Crippen molar-refractivity contribution in [1.82, 2.24) is 0 Å². The van der Waals surface area contributed by atoms with E-state index in [1.54, 1.807) is 0 Å². The van der Waals surface area contributed by atoms with Crippen LogP contribution in [-0.4, -0.2) is 11.7 Å². The SMILES string of the molecule is C#CCCC[n+]1cccc(CCCO)c1. The van der Waals surface area contributed by atoms with Gasteiger partial charge in [-0.3, -0.25) is 0 Å². The summed E-state index contributed by atoms with van der Waals surface area (Å²) in [7, 11) is 0. The third-order valence-corrected chi connectivity index (χ3v) is 2.28. The van der Waals surface area contributed by atoms with Gasteiger partial charge < -0.3 is 5.11 Å². The third kappa shape index (κ3) is 4.62. The van der Waals surface area contributed by atoms with Gasteiger partial charge in [0.05, 0.1) is 0 Å². The van der Waals surface area contributed by atoms with E-state index in [1.165, 1.54) is 5.56 Å². The van der Waals surface area contributed by atoms with Gasteiger partial charge in [-0.05, 0) is 18.9 Å². The fourth-order valence-corrected chi connectivity index (χ4v) is 1.51. The second-order valence-electron chi connectivity index (χ2n) is 3.58. The van der Waals surface area contributed by atoms with Crippen molar-refractivity contribution < 1.29 is 9.67 Å². The second kappa shape index (κ2) is 7.03. The summed E-state index contributed by atoms with van der Waals surface area (Å²) in [5.74, 6) is 2.64. The van der Waals surface area contributed by atoms with Crippen LogP contribution in [0.3, 0.4) is 0 Å². The number of pyridine rings is 1. The Hall–Kier alpha value is -1.33. The van der Waals surface area contributed by atoms with E-state index in [0.717, 1.165) is 32.2 Å². The van der Waals surface area contributed by atoms with Gasteiger partial charge in [-0.25, -0.2) is 4.57 Å².